The highest BCUT2D eigenvalue weighted by Gasteiger charge is 2.38. The van der Waals surface area contributed by atoms with Gasteiger partial charge in [0.1, 0.15) is 12.1 Å². The van der Waals surface area contributed by atoms with Crippen LogP contribution >= 0.6 is 0 Å². The highest BCUT2D eigenvalue weighted by atomic mass is 16.6. The SMILES string of the molecule is CCOc1ccc(Nc2ncnc(NC3CC(C)(C)NC(C)(C)C3)c2[N+](=O)[O-])cc1. The first-order valence-corrected chi connectivity index (χ1v) is 10.1. The van der Waals surface area contributed by atoms with Crippen LogP contribution in [-0.2, 0) is 0 Å². The first kappa shape index (κ1) is 21.8. The van der Waals surface area contributed by atoms with Crippen LogP contribution in [0, 0.1) is 10.1 Å². The number of rotatable bonds is 7. The van der Waals surface area contributed by atoms with Gasteiger partial charge in [0.25, 0.3) is 0 Å². The van der Waals surface area contributed by atoms with Gasteiger partial charge in [-0.2, -0.15) is 0 Å². The van der Waals surface area contributed by atoms with E-state index in [1.165, 1.54) is 6.33 Å². The van der Waals surface area contributed by atoms with Gasteiger partial charge in [-0.25, -0.2) is 9.97 Å². The Labute approximate surface area is 176 Å². The number of nitrogens with zero attached hydrogens (tertiary/aromatic N) is 3. The molecule has 3 N–H and O–H groups in total. The smallest absolute Gasteiger partial charge is 0.353 e. The van der Waals surface area contributed by atoms with Crippen LogP contribution in [0.3, 0.4) is 0 Å². The van der Waals surface area contributed by atoms with Crippen molar-refractivity contribution in [3.63, 3.8) is 0 Å². The number of nitro groups is 1. The molecular weight excluding hydrogens is 384 g/mol. The van der Waals surface area contributed by atoms with Crippen LogP contribution in [0.15, 0.2) is 30.6 Å². The fraction of sp³-hybridized carbons (Fsp3) is 0.524. The molecule has 1 fully saturated rings. The Morgan fingerprint density at radius 1 is 1.13 bits per heavy atom. The molecule has 162 valence electrons. The minimum absolute atomic E-state index is 0.0446. The Hall–Kier alpha value is -2.94. The summed E-state index contributed by atoms with van der Waals surface area (Å²) in [5, 5.41) is 21.8. The molecule has 0 aliphatic carbocycles. The van der Waals surface area contributed by atoms with E-state index in [0.29, 0.717) is 12.3 Å². The van der Waals surface area contributed by atoms with E-state index in [2.05, 4.69) is 53.6 Å². The molecule has 0 atom stereocenters. The van der Waals surface area contributed by atoms with Crippen molar-refractivity contribution >= 4 is 23.0 Å². The van der Waals surface area contributed by atoms with Gasteiger partial charge < -0.3 is 20.7 Å². The van der Waals surface area contributed by atoms with Gasteiger partial charge in [0.05, 0.1) is 11.5 Å². The zero-order valence-corrected chi connectivity index (χ0v) is 18.2. The molecule has 0 radical (unpaired) electrons. The van der Waals surface area contributed by atoms with Crippen LogP contribution in [0.25, 0.3) is 0 Å². The van der Waals surface area contributed by atoms with E-state index < -0.39 is 4.92 Å². The molecule has 1 saturated heterocycles. The van der Waals surface area contributed by atoms with Crippen molar-refractivity contribution in [2.45, 2.75) is 64.6 Å². The summed E-state index contributed by atoms with van der Waals surface area (Å²) in [5.74, 6) is 1.11. The lowest BCUT2D eigenvalue weighted by atomic mass is 9.79. The Morgan fingerprint density at radius 2 is 1.73 bits per heavy atom. The number of hydrogen-bond donors (Lipinski definition) is 3. The molecule has 1 aliphatic heterocycles. The van der Waals surface area contributed by atoms with Crippen molar-refractivity contribution in [3.8, 4) is 5.75 Å². The minimum atomic E-state index is -0.448. The lowest BCUT2D eigenvalue weighted by molar-refractivity contribution is -0.383. The Kier molecular flexibility index (Phi) is 6.12. The van der Waals surface area contributed by atoms with Crippen LogP contribution in [0.2, 0.25) is 0 Å². The molecule has 1 aromatic heterocycles. The fourth-order valence-electron chi connectivity index (χ4n) is 4.30. The molecule has 2 heterocycles. The average molecular weight is 415 g/mol. The third kappa shape index (κ3) is 5.35. The van der Waals surface area contributed by atoms with Crippen LogP contribution in [-0.4, -0.2) is 38.6 Å². The molecule has 3 rings (SSSR count). The molecule has 9 nitrogen and oxygen atoms in total. The van der Waals surface area contributed by atoms with Crippen molar-refractivity contribution < 1.29 is 9.66 Å². The van der Waals surface area contributed by atoms with E-state index in [1.807, 2.05) is 6.92 Å². The molecule has 1 aliphatic rings. The Morgan fingerprint density at radius 3 is 2.30 bits per heavy atom. The third-order valence-electron chi connectivity index (χ3n) is 4.96. The predicted molar refractivity (Wildman–Crippen MR) is 118 cm³/mol. The summed E-state index contributed by atoms with van der Waals surface area (Å²) in [6.45, 7) is 11.0. The van der Waals surface area contributed by atoms with Crippen molar-refractivity contribution in [2.24, 2.45) is 0 Å². The molecule has 1 aromatic carbocycles. The number of aromatic nitrogens is 2. The summed E-state index contributed by atoms with van der Waals surface area (Å²) < 4.78 is 5.43. The fourth-order valence-corrected chi connectivity index (χ4v) is 4.30. The van der Waals surface area contributed by atoms with Gasteiger partial charge in [0.15, 0.2) is 0 Å². The normalized spacial score (nSPS) is 17.9. The number of nitrogens with one attached hydrogen (secondary N) is 3. The first-order valence-electron chi connectivity index (χ1n) is 10.1. The zero-order valence-electron chi connectivity index (χ0n) is 18.2. The first-order chi connectivity index (χ1) is 14.1. The quantitative estimate of drug-likeness (QED) is 0.455. The summed E-state index contributed by atoms with van der Waals surface area (Å²) in [5.41, 5.74) is 0.325. The van der Waals surface area contributed by atoms with Gasteiger partial charge >= 0.3 is 5.69 Å². The Bertz CT molecular complexity index is 882. The number of hydrogen-bond acceptors (Lipinski definition) is 8. The summed E-state index contributed by atoms with van der Waals surface area (Å²) in [7, 11) is 0. The van der Waals surface area contributed by atoms with Crippen LogP contribution in [0.5, 0.6) is 5.75 Å². The van der Waals surface area contributed by atoms with Gasteiger partial charge in [0, 0.05) is 22.8 Å². The van der Waals surface area contributed by atoms with E-state index >= 15 is 0 Å². The van der Waals surface area contributed by atoms with E-state index in [9.17, 15) is 10.1 Å². The molecular formula is C21H30N6O3. The molecule has 0 bridgehead atoms. The van der Waals surface area contributed by atoms with Gasteiger partial charge in [-0.3, -0.25) is 10.1 Å². The maximum absolute atomic E-state index is 11.9. The van der Waals surface area contributed by atoms with Gasteiger partial charge in [0.2, 0.25) is 11.6 Å². The summed E-state index contributed by atoms with van der Waals surface area (Å²) in [6.07, 6.45) is 2.97. The molecule has 0 saturated carbocycles. The lowest BCUT2D eigenvalue weighted by Gasteiger charge is -2.46. The highest BCUT2D eigenvalue weighted by molar-refractivity contribution is 5.74. The average Bonchev–Trinajstić information content (AvgIpc) is 2.61. The largest absolute Gasteiger partial charge is 0.494 e. The van der Waals surface area contributed by atoms with Gasteiger partial charge in [-0.1, -0.05) is 0 Å². The van der Waals surface area contributed by atoms with Crippen molar-refractivity contribution in [1.82, 2.24) is 15.3 Å². The second-order valence-electron chi connectivity index (χ2n) is 8.90. The number of piperidine rings is 1. The summed E-state index contributed by atoms with van der Waals surface area (Å²) in [6, 6.07) is 7.24. The monoisotopic (exact) mass is 414 g/mol. The van der Waals surface area contributed by atoms with Gasteiger partial charge in [-0.05, 0) is 71.7 Å². The maximum atomic E-state index is 11.9. The number of benzene rings is 1. The zero-order chi connectivity index (χ0) is 21.9. The third-order valence-corrected chi connectivity index (χ3v) is 4.96. The highest BCUT2D eigenvalue weighted by Crippen LogP contribution is 2.35. The van der Waals surface area contributed by atoms with E-state index in [0.717, 1.165) is 18.6 Å². The van der Waals surface area contributed by atoms with Crippen LogP contribution < -0.4 is 20.7 Å². The van der Waals surface area contributed by atoms with E-state index in [4.69, 9.17) is 4.74 Å². The standard InChI is InChI=1S/C21H30N6O3/c1-6-30-16-9-7-14(8-10-16)24-18-17(27(28)29)19(23-13-22-18)25-15-11-20(2,3)26-21(4,5)12-15/h7-10,13,15,26H,6,11-12H2,1-5H3,(H2,22,23,24,25). The second kappa shape index (κ2) is 8.43. The predicted octanol–water partition coefficient (Wildman–Crippen LogP) is 4.25. The summed E-state index contributed by atoms with van der Waals surface area (Å²) >= 11 is 0. The Balaban J connectivity index is 1.85. The molecule has 9 heteroatoms. The van der Waals surface area contributed by atoms with Crippen molar-refractivity contribution in [2.75, 3.05) is 17.2 Å². The van der Waals surface area contributed by atoms with Crippen molar-refractivity contribution in [1.29, 1.82) is 0 Å². The molecule has 0 unspecified atom stereocenters. The number of anilines is 3. The summed E-state index contributed by atoms with van der Waals surface area (Å²) in [4.78, 5) is 19.7. The molecule has 0 amide bonds. The molecule has 2 aromatic rings. The van der Waals surface area contributed by atoms with Gasteiger partial charge in [-0.15, -0.1) is 0 Å². The minimum Gasteiger partial charge on any atom is -0.494 e. The van der Waals surface area contributed by atoms with Crippen LogP contribution in [0.1, 0.15) is 47.5 Å². The van der Waals surface area contributed by atoms with E-state index in [1.54, 1.807) is 24.3 Å². The molecule has 0 spiro atoms. The van der Waals surface area contributed by atoms with E-state index in [-0.39, 0.29) is 34.4 Å². The molecule has 30 heavy (non-hydrogen) atoms. The topological polar surface area (TPSA) is 114 Å². The van der Waals surface area contributed by atoms with Crippen LogP contribution in [0.4, 0.5) is 23.0 Å². The number of ether oxygens (including phenoxy) is 1. The lowest BCUT2D eigenvalue weighted by Crippen LogP contribution is -2.60. The van der Waals surface area contributed by atoms with Crippen molar-refractivity contribution in [3.05, 3.63) is 40.7 Å². The maximum Gasteiger partial charge on any atom is 0.353 e. The second-order valence-corrected chi connectivity index (χ2v) is 8.90.